The molecule has 4 rings (SSSR count). The van der Waals surface area contributed by atoms with E-state index >= 15 is 0 Å². The van der Waals surface area contributed by atoms with Crippen molar-refractivity contribution in [3.8, 4) is 0 Å². The molecule has 1 aliphatic rings. The molecular formula is C18H19N3O2. The van der Waals surface area contributed by atoms with Gasteiger partial charge in [-0.3, -0.25) is 0 Å². The van der Waals surface area contributed by atoms with E-state index in [1.54, 1.807) is 6.33 Å². The van der Waals surface area contributed by atoms with Crippen molar-refractivity contribution in [3.63, 3.8) is 0 Å². The molecule has 3 heterocycles. The van der Waals surface area contributed by atoms with Crippen molar-refractivity contribution >= 4 is 5.52 Å². The largest absolute Gasteiger partial charge is 0.374 e. The van der Waals surface area contributed by atoms with E-state index in [-0.39, 0.29) is 12.2 Å². The molecule has 1 aromatic carbocycles. The SMILES string of the molecule is c1ccc(COCC2CC[C@H](c3ccc4cncnn34)O2)cc1. The Hall–Kier alpha value is -2.24. The first-order chi connectivity index (χ1) is 11.4. The number of fused-ring (bicyclic) bond motifs is 1. The van der Waals surface area contributed by atoms with E-state index in [4.69, 9.17) is 9.47 Å². The summed E-state index contributed by atoms with van der Waals surface area (Å²) >= 11 is 0. The predicted molar refractivity (Wildman–Crippen MR) is 85.9 cm³/mol. The monoisotopic (exact) mass is 309 g/mol. The third kappa shape index (κ3) is 3.11. The van der Waals surface area contributed by atoms with Crippen LogP contribution in [-0.2, 0) is 16.1 Å². The van der Waals surface area contributed by atoms with Crippen LogP contribution in [0.4, 0.5) is 0 Å². The lowest BCUT2D eigenvalue weighted by Gasteiger charge is -2.14. The molecule has 118 valence electrons. The van der Waals surface area contributed by atoms with Gasteiger partial charge in [0.2, 0.25) is 0 Å². The summed E-state index contributed by atoms with van der Waals surface area (Å²) < 4.78 is 13.9. The van der Waals surface area contributed by atoms with E-state index in [2.05, 4.69) is 28.3 Å². The van der Waals surface area contributed by atoms with Crippen LogP contribution in [0, 0.1) is 0 Å². The van der Waals surface area contributed by atoms with Gasteiger partial charge >= 0.3 is 0 Å². The van der Waals surface area contributed by atoms with Gasteiger partial charge in [-0.2, -0.15) is 5.10 Å². The minimum absolute atomic E-state index is 0.0812. The van der Waals surface area contributed by atoms with Gasteiger partial charge in [-0.15, -0.1) is 0 Å². The summed E-state index contributed by atoms with van der Waals surface area (Å²) in [5.74, 6) is 0. The van der Waals surface area contributed by atoms with Crippen molar-refractivity contribution < 1.29 is 9.47 Å². The number of hydrogen-bond acceptors (Lipinski definition) is 4. The molecule has 0 N–H and O–H groups in total. The summed E-state index contributed by atoms with van der Waals surface area (Å²) in [4.78, 5) is 4.04. The molecule has 0 saturated carbocycles. The van der Waals surface area contributed by atoms with Crippen LogP contribution in [0.15, 0.2) is 55.0 Å². The number of ether oxygens (including phenoxy) is 2. The number of rotatable bonds is 5. The minimum Gasteiger partial charge on any atom is -0.374 e. The van der Waals surface area contributed by atoms with Gasteiger partial charge in [0.25, 0.3) is 0 Å². The Kier molecular flexibility index (Phi) is 4.05. The number of nitrogens with zero attached hydrogens (tertiary/aromatic N) is 3. The highest BCUT2D eigenvalue weighted by atomic mass is 16.5. The van der Waals surface area contributed by atoms with Crippen LogP contribution in [0.3, 0.4) is 0 Å². The summed E-state index contributed by atoms with van der Waals surface area (Å²) in [6.07, 6.45) is 5.61. The normalized spacial score (nSPS) is 21.0. The van der Waals surface area contributed by atoms with Crippen LogP contribution < -0.4 is 0 Å². The van der Waals surface area contributed by atoms with Crippen LogP contribution in [0.5, 0.6) is 0 Å². The molecule has 0 aliphatic carbocycles. The molecule has 3 aromatic rings. The molecule has 0 amide bonds. The highest BCUT2D eigenvalue weighted by Gasteiger charge is 2.28. The molecule has 1 unspecified atom stereocenters. The van der Waals surface area contributed by atoms with E-state index in [9.17, 15) is 0 Å². The average molecular weight is 309 g/mol. The van der Waals surface area contributed by atoms with Crippen molar-refractivity contribution in [1.82, 2.24) is 14.6 Å². The van der Waals surface area contributed by atoms with Gasteiger partial charge in [-0.25, -0.2) is 9.50 Å². The second-order valence-corrected chi connectivity index (χ2v) is 5.83. The van der Waals surface area contributed by atoms with Crippen LogP contribution in [0.1, 0.15) is 30.2 Å². The molecule has 23 heavy (non-hydrogen) atoms. The zero-order valence-electron chi connectivity index (χ0n) is 12.8. The lowest BCUT2D eigenvalue weighted by atomic mass is 10.1. The molecule has 5 heteroatoms. The van der Waals surface area contributed by atoms with Gasteiger partial charge in [0.05, 0.1) is 36.7 Å². The second-order valence-electron chi connectivity index (χ2n) is 5.83. The molecule has 0 spiro atoms. The predicted octanol–water partition coefficient (Wildman–Crippen LogP) is 3.17. The molecule has 1 fully saturated rings. The number of hydrogen-bond donors (Lipinski definition) is 0. The highest BCUT2D eigenvalue weighted by molar-refractivity contribution is 5.46. The first-order valence-electron chi connectivity index (χ1n) is 7.95. The fourth-order valence-electron chi connectivity index (χ4n) is 3.06. The van der Waals surface area contributed by atoms with Gasteiger partial charge in [0, 0.05) is 0 Å². The van der Waals surface area contributed by atoms with Crippen molar-refractivity contribution in [3.05, 3.63) is 66.2 Å². The summed E-state index contributed by atoms with van der Waals surface area (Å²) in [6, 6.07) is 14.3. The third-order valence-electron chi connectivity index (χ3n) is 4.21. The fraction of sp³-hybridized carbons (Fsp3) is 0.333. The van der Waals surface area contributed by atoms with Crippen LogP contribution in [-0.4, -0.2) is 27.3 Å². The maximum absolute atomic E-state index is 6.15. The fourth-order valence-corrected chi connectivity index (χ4v) is 3.06. The first kappa shape index (κ1) is 14.4. The van der Waals surface area contributed by atoms with Crippen molar-refractivity contribution in [2.45, 2.75) is 31.7 Å². The quantitative estimate of drug-likeness (QED) is 0.726. The molecule has 2 atom stereocenters. The van der Waals surface area contributed by atoms with Gasteiger partial charge in [-0.1, -0.05) is 30.3 Å². The van der Waals surface area contributed by atoms with Crippen LogP contribution in [0.2, 0.25) is 0 Å². The Morgan fingerprint density at radius 1 is 1.13 bits per heavy atom. The summed E-state index contributed by atoms with van der Waals surface area (Å²) in [5.41, 5.74) is 3.28. The van der Waals surface area contributed by atoms with E-state index in [1.165, 1.54) is 5.56 Å². The Balaban J connectivity index is 1.34. The van der Waals surface area contributed by atoms with Gasteiger partial charge in [-0.05, 0) is 30.5 Å². The smallest absolute Gasteiger partial charge is 0.136 e. The van der Waals surface area contributed by atoms with E-state index in [0.717, 1.165) is 24.1 Å². The minimum atomic E-state index is 0.0812. The zero-order chi connectivity index (χ0) is 15.5. The third-order valence-corrected chi connectivity index (χ3v) is 4.21. The Labute approximate surface area is 134 Å². The van der Waals surface area contributed by atoms with Crippen LogP contribution in [0.25, 0.3) is 5.52 Å². The lowest BCUT2D eigenvalue weighted by Crippen LogP contribution is -2.15. The Morgan fingerprint density at radius 2 is 2.04 bits per heavy atom. The standard InChI is InChI=1S/C18H19N3O2/c1-2-4-14(5-3-1)11-22-12-16-7-9-18(23-16)17-8-6-15-10-19-13-20-21(15)17/h1-6,8,10,13,16,18H,7,9,11-12H2/t16?,18-/m1/s1. The van der Waals surface area contributed by atoms with E-state index < -0.39 is 0 Å². The Morgan fingerprint density at radius 3 is 2.96 bits per heavy atom. The molecule has 2 aromatic heterocycles. The molecule has 1 saturated heterocycles. The van der Waals surface area contributed by atoms with Crippen molar-refractivity contribution in [2.24, 2.45) is 0 Å². The van der Waals surface area contributed by atoms with Gasteiger partial charge < -0.3 is 9.47 Å². The average Bonchev–Trinajstić information content (AvgIpc) is 3.22. The number of aromatic nitrogens is 3. The van der Waals surface area contributed by atoms with E-state index in [1.807, 2.05) is 35.0 Å². The number of benzene rings is 1. The molecule has 0 bridgehead atoms. The summed E-state index contributed by atoms with van der Waals surface area (Å²) in [5, 5.41) is 4.31. The molecular weight excluding hydrogens is 290 g/mol. The first-order valence-corrected chi connectivity index (χ1v) is 7.95. The molecule has 1 aliphatic heterocycles. The summed E-state index contributed by atoms with van der Waals surface area (Å²) in [7, 11) is 0. The Bertz CT molecular complexity index is 772. The van der Waals surface area contributed by atoms with Crippen LogP contribution >= 0.6 is 0 Å². The van der Waals surface area contributed by atoms with E-state index in [0.29, 0.717) is 13.2 Å². The maximum Gasteiger partial charge on any atom is 0.136 e. The zero-order valence-corrected chi connectivity index (χ0v) is 12.8. The maximum atomic E-state index is 6.15. The lowest BCUT2D eigenvalue weighted by molar-refractivity contribution is -0.0221. The topological polar surface area (TPSA) is 48.7 Å². The second kappa shape index (κ2) is 6.48. The summed E-state index contributed by atoms with van der Waals surface area (Å²) in [6.45, 7) is 1.26. The molecule has 0 radical (unpaired) electrons. The molecule has 5 nitrogen and oxygen atoms in total. The van der Waals surface area contributed by atoms with Gasteiger partial charge in [0.15, 0.2) is 0 Å². The van der Waals surface area contributed by atoms with Crippen molar-refractivity contribution in [2.75, 3.05) is 6.61 Å². The van der Waals surface area contributed by atoms with Gasteiger partial charge in [0.1, 0.15) is 12.4 Å². The van der Waals surface area contributed by atoms with Crippen molar-refractivity contribution in [1.29, 1.82) is 0 Å². The highest BCUT2D eigenvalue weighted by Crippen LogP contribution is 2.33.